The number of H-pyrrole nitrogens is 1. The molecule has 0 aliphatic rings. The highest BCUT2D eigenvalue weighted by Crippen LogP contribution is 2.31. The minimum Gasteiger partial charge on any atom is -0.359 e. The maximum Gasteiger partial charge on any atom is 0.175 e. The van der Waals surface area contributed by atoms with Gasteiger partial charge in [0.1, 0.15) is 5.82 Å². The van der Waals surface area contributed by atoms with Crippen molar-refractivity contribution in [3.63, 3.8) is 0 Å². The Kier molecular flexibility index (Phi) is 3.06. The third-order valence-corrected chi connectivity index (χ3v) is 4.44. The molecule has 3 nitrogen and oxygen atoms in total. The van der Waals surface area contributed by atoms with Crippen LogP contribution in [0.5, 0.6) is 0 Å². The topological polar surface area (TPSA) is 49.9 Å². The standard InChI is InChI=1S/C15H11F2NO2S/c1-21(19,20)11-4-2-9(3-5-11)13-12(16)8-10-6-7-18-15(10)14(13)17/h2-8,18H,1H3. The second-order valence-electron chi connectivity index (χ2n) is 4.79. The van der Waals surface area contributed by atoms with E-state index in [1.807, 2.05) is 0 Å². The number of aromatic amines is 1. The normalized spacial score (nSPS) is 12.0. The SMILES string of the molecule is CS(=O)(=O)c1ccc(-c2c(F)cc3cc[nH]c3c2F)cc1. The average Bonchev–Trinajstić information content (AvgIpc) is 2.86. The molecule has 0 saturated carbocycles. The van der Waals surface area contributed by atoms with Crippen LogP contribution in [-0.4, -0.2) is 19.7 Å². The van der Waals surface area contributed by atoms with Crippen LogP contribution in [0.3, 0.4) is 0 Å². The maximum absolute atomic E-state index is 14.4. The van der Waals surface area contributed by atoms with Gasteiger partial charge >= 0.3 is 0 Å². The maximum atomic E-state index is 14.4. The molecule has 1 aromatic heterocycles. The van der Waals surface area contributed by atoms with Gasteiger partial charge in [0.15, 0.2) is 15.7 Å². The molecular formula is C15H11F2NO2S. The van der Waals surface area contributed by atoms with Crippen molar-refractivity contribution in [2.24, 2.45) is 0 Å². The summed E-state index contributed by atoms with van der Waals surface area (Å²) in [4.78, 5) is 2.83. The Hall–Kier alpha value is -2.21. The smallest absolute Gasteiger partial charge is 0.175 e. The largest absolute Gasteiger partial charge is 0.359 e. The van der Waals surface area contributed by atoms with E-state index in [2.05, 4.69) is 4.98 Å². The van der Waals surface area contributed by atoms with Crippen molar-refractivity contribution >= 4 is 20.7 Å². The molecule has 0 spiro atoms. The van der Waals surface area contributed by atoms with Crippen molar-refractivity contribution in [3.05, 3.63) is 54.2 Å². The van der Waals surface area contributed by atoms with E-state index in [1.54, 1.807) is 6.07 Å². The first kappa shape index (κ1) is 13.8. The zero-order chi connectivity index (χ0) is 15.2. The fourth-order valence-corrected chi connectivity index (χ4v) is 2.89. The monoisotopic (exact) mass is 307 g/mol. The van der Waals surface area contributed by atoms with Gasteiger partial charge in [0.25, 0.3) is 0 Å². The van der Waals surface area contributed by atoms with Crippen LogP contribution in [0, 0.1) is 11.6 Å². The molecule has 0 aliphatic carbocycles. The first-order chi connectivity index (χ1) is 9.88. The molecule has 2 aromatic carbocycles. The van der Waals surface area contributed by atoms with E-state index in [4.69, 9.17) is 0 Å². The summed E-state index contributed by atoms with van der Waals surface area (Å²) in [5.74, 6) is -1.38. The Morgan fingerprint density at radius 2 is 1.71 bits per heavy atom. The number of benzene rings is 2. The molecule has 0 bridgehead atoms. The van der Waals surface area contributed by atoms with Crippen LogP contribution < -0.4 is 0 Å². The van der Waals surface area contributed by atoms with Crippen LogP contribution in [0.25, 0.3) is 22.0 Å². The number of rotatable bonds is 2. The summed E-state index contributed by atoms with van der Waals surface area (Å²) in [7, 11) is -3.34. The number of fused-ring (bicyclic) bond motifs is 1. The van der Waals surface area contributed by atoms with Crippen molar-refractivity contribution < 1.29 is 17.2 Å². The predicted octanol–water partition coefficient (Wildman–Crippen LogP) is 3.52. The van der Waals surface area contributed by atoms with Gasteiger partial charge in [-0.15, -0.1) is 0 Å². The highest BCUT2D eigenvalue weighted by atomic mass is 32.2. The minimum absolute atomic E-state index is 0.105. The van der Waals surface area contributed by atoms with E-state index in [0.29, 0.717) is 5.39 Å². The zero-order valence-electron chi connectivity index (χ0n) is 11.0. The number of hydrogen-bond acceptors (Lipinski definition) is 2. The van der Waals surface area contributed by atoms with E-state index < -0.39 is 21.5 Å². The summed E-state index contributed by atoms with van der Waals surface area (Å²) < 4.78 is 51.3. The van der Waals surface area contributed by atoms with Crippen molar-refractivity contribution in [1.82, 2.24) is 4.98 Å². The molecule has 0 atom stereocenters. The second kappa shape index (κ2) is 4.66. The molecule has 21 heavy (non-hydrogen) atoms. The zero-order valence-corrected chi connectivity index (χ0v) is 11.8. The van der Waals surface area contributed by atoms with Crippen LogP contribution in [0.15, 0.2) is 47.5 Å². The molecule has 0 saturated heterocycles. The third-order valence-electron chi connectivity index (χ3n) is 3.31. The lowest BCUT2D eigenvalue weighted by Gasteiger charge is -2.07. The first-order valence-corrected chi connectivity index (χ1v) is 8.02. The van der Waals surface area contributed by atoms with Crippen LogP contribution in [0.2, 0.25) is 0 Å². The number of hydrogen-bond donors (Lipinski definition) is 1. The molecule has 0 aliphatic heterocycles. The van der Waals surface area contributed by atoms with E-state index >= 15 is 0 Å². The summed E-state index contributed by atoms with van der Waals surface area (Å²) in [6.07, 6.45) is 2.61. The van der Waals surface area contributed by atoms with Gasteiger partial charge in [-0.2, -0.15) is 0 Å². The van der Waals surface area contributed by atoms with E-state index in [9.17, 15) is 17.2 Å². The second-order valence-corrected chi connectivity index (χ2v) is 6.80. The molecule has 1 N–H and O–H groups in total. The Morgan fingerprint density at radius 1 is 1.05 bits per heavy atom. The Balaban J connectivity index is 2.20. The van der Waals surface area contributed by atoms with Crippen molar-refractivity contribution in [2.45, 2.75) is 4.90 Å². The third kappa shape index (κ3) is 2.31. The van der Waals surface area contributed by atoms with Crippen molar-refractivity contribution in [2.75, 3.05) is 6.26 Å². The van der Waals surface area contributed by atoms with E-state index in [-0.39, 0.29) is 21.5 Å². The van der Waals surface area contributed by atoms with Gasteiger partial charge in [0.2, 0.25) is 0 Å². The molecular weight excluding hydrogens is 296 g/mol. The molecule has 108 valence electrons. The van der Waals surface area contributed by atoms with Gasteiger partial charge in [0, 0.05) is 17.8 Å². The van der Waals surface area contributed by atoms with Gasteiger partial charge in [-0.1, -0.05) is 12.1 Å². The molecule has 0 unspecified atom stereocenters. The molecule has 1 heterocycles. The highest BCUT2D eigenvalue weighted by Gasteiger charge is 2.17. The van der Waals surface area contributed by atoms with Gasteiger partial charge in [0.05, 0.1) is 16.0 Å². The van der Waals surface area contributed by atoms with Gasteiger partial charge in [-0.3, -0.25) is 0 Å². The number of nitrogens with one attached hydrogen (secondary N) is 1. The summed E-state index contributed by atoms with van der Waals surface area (Å²) in [6, 6.07) is 8.29. The Bertz CT molecular complexity index is 928. The quantitative estimate of drug-likeness (QED) is 0.787. The van der Waals surface area contributed by atoms with E-state index in [0.717, 1.165) is 6.26 Å². The van der Waals surface area contributed by atoms with Crippen LogP contribution >= 0.6 is 0 Å². The number of aromatic nitrogens is 1. The lowest BCUT2D eigenvalue weighted by Crippen LogP contribution is -1.97. The van der Waals surface area contributed by atoms with E-state index in [1.165, 1.54) is 36.5 Å². The lowest BCUT2D eigenvalue weighted by atomic mass is 10.0. The average molecular weight is 307 g/mol. The van der Waals surface area contributed by atoms with Crippen molar-refractivity contribution in [3.8, 4) is 11.1 Å². The van der Waals surface area contributed by atoms with Gasteiger partial charge in [-0.25, -0.2) is 17.2 Å². The predicted molar refractivity (Wildman–Crippen MR) is 76.8 cm³/mol. The molecule has 0 radical (unpaired) electrons. The van der Waals surface area contributed by atoms with Crippen LogP contribution in [0.1, 0.15) is 0 Å². The molecule has 0 fully saturated rings. The fourth-order valence-electron chi connectivity index (χ4n) is 2.26. The number of sulfone groups is 1. The number of halogens is 2. The summed E-state index contributed by atoms with van der Waals surface area (Å²) >= 11 is 0. The Labute approximate surface area is 120 Å². The molecule has 3 rings (SSSR count). The molecule has 6 heteroatoms. The minimum atomic E-state index is -3.34. The summed E-state index contributed by atoms with van der Waals surface area (Å²) in [6.45, 7) is 0. The van der Waals surface area contributed by atoms with Gasteiger partial charge < -0.3 is 4.98 Å². The highest BCUT2D eigenvalue weighted by molar-refractivity contribution is 7.90. The molecule has 0 amide bonds. The molecule has 3 aromatic rings. The fraction of sp³-hybridized carbons (Fsp3) is 0.0667. The summed E-state index contributed by atoms with van der Waals surface area (Å²) in [5, 5.41) is 0.446. The summed E-state index contributed by atoms with van der Waals surface area (Å²) in [5.41, 5.74) is 0.331. The van der Waals surface area contributed by atoms with Gasteiger partial charge in [-0.05, 0) is 29.8 Å². The first-order valence-electron chi connectivity index (χ1n) is 6.13. The van der Waals surface area contributed by atoms with Crippen molar-refractivity contribution in [1.29, 1.82) is 0 Å². The van der Waals surface area contributed by atoms with Crippen LogP contribution in [-0.2, 0) is 9.84 Å². The van der Waals surface area contributed by atoms with Crippen LogP contribution in [0.4, 0.5) is 8.78 Å². The lowest BCUT2D eigenvalue weighted by molar-refractivity contribution is 0.597. The Morgan fingerprint density at radius 3 is 2.33 bits per heavy atom.